The van der Waals surface area contributed by atoms with Gasteiger partial charge in [-0.05, 0) is 38.5 Å². The Morgan fingerprint density at radius 1 is 1.53 bits per heavy atom. The van der Waals surface area contributed by atoms with Gasteiger partial charge in [-0.15, -0.1) is 0 Å². The van der Waals surface area contributed by atoms with E-state index in [0.29, 0.717) is 11.1 Å². The van der Waals surface area contributed by atoms with Crippen molar-refractivity contribution in [3.63, 3.8) is 0 Å². The van der Waals surface area contributed by atoms with E-state index in [1.165, 1.54) is 0 Å². The van der Waals surface area contributed by atoms with E-state index < -0.39 is 24.4 Å². The molecule has 0 radical (unpaired) electrons. The molecule has 1 amide bonds. The van der Waals surface area contributed by atoms with Crippen LogP contribution in [-0.2, 0) is 4.74 Å². The molecule has 4 nitrogen and oxygen atoms in total. The van der Waals surface area contributed by atoms with Crippen molar-refractivity contribution in [1.29, 1.82) is 5.26 Å². The van der Waals surface area contributed by atoms with Crippen molar-refractivity contribution in [3.05, 3.63) is 35.4 Å². The lowest BCUT2D eigenvalue weighted by Crippen LogP contribution is -2.35. The minimum atomic E-state index is -0.817. The molecule has 0 aliphatic rings. The number of nitrogens with zero attached hydrogens (tertiary/aromatic N) is 1. The van der Waals surface area contributed by atoms with Crippen LogP contribution >= 0.6 is 0 Å². The lowest BCUT2D eigenvalue weighted by atomic mass is 10.1. The molecule has 0 fully saturated rings. The van der Waals surface area contributed by atoms with Crippen molar-refractivity contribution >= 4 is 6.09 Å². The van der Waals surface area contributed by atoms with E-state index in [2.05, 4.69) is 5.32 Å². The number of nitrogens with one attached hydrogen (secondary N) is 1. The first kappa shape index (κ1) is 15.0. The first-order valence-corrected chi connectivity index (χ1v) is 5.91. The standard InChI is InChI=1S/C14H17FN2O2/c1-14(2,3)19-13(18)17-12(8-15)11-6-4-5-10(7-11)9-16/h4-7,12H,8H2,1-3H3,(H,17,18). The van der Waals surface area contributed by atoms with Crippen LogP contribution in [0.2, 0.25) is 0 Å². The summed E-state index contributed by atoms with van der Waals surface area (Å²) in [4.78, 5) is 11.6. The summed E-state index contributed by atoms with van der Waals surface area (Å²) in [6.07, 6.45) is -0.683. The molecule has 102 valence electrons. The zero-order chi connectivity index (χ0) is 14.5. The van der Waals surface area contributed by atoms with Gasteiger partial charge in [-0.3, -0.25) is 0 Å². The molecule has 0 aliphatic heterocycles. The summed E-state index contributed by atoms with van der Waals surface area (Å²) in [5.41, 5.74) is 0.314. The molecule has 19 heavy (non-hydrogen) atoms. The predicted octanol–water partition coefficient (Wildman–Crippen LogP) is 3.09. The van der Waals surface area contributed by atoms with Crippen molar-refractivity contribution < 1.29 is 13.9 Å². The number of carbonyl (C=O) groups excluding carboxylic acids is 1. The molecule has 0 bridgehead atoms. The zero-order valence-corrected chi connectivity index (χ0v) is 11.2. The van der Waals surface area contributed by atoms with Gasteiger partial charge in [0.15, 0.2) is 0 Å². The summed E-state index contributed by atoms with van der Waals surface area (Å²) in [5.74, 6) is 0. The van der Waals surface area contributed by atoms with E-state index >= 15 is 0 Å². The molecule has 0 aromatic heterocycles. The lowest BCUT2D eigenvalue weighted by molar-refractivity contribution is 0.0495. The minimum Gasteiger partial charge on any atom is -0.444 e. The summed E-state index contributed by atoms with van der Waals surface area (Å²) in [5, 5.41) is 11.2. The van der Waals surface area contributed by atoms with Crippen LogP contribution in [0.5, 0.6) is 0 Å². The second kappa shape index (κ2) is 6.19. The lowest BCUT2D eigenvalue weighted by Gasteiger charge is -2.22. The van der Waals surface area contributed by atoms with Gasteiger partial charge in [0, 0.05) is 0 Å². The fourth-order valence-corrected chi connectivity index (χ4v) is 1.49. The molecule has 1 N–H and O–H groups in total. The molecule has 1 aromatic carbocycles. The summed E-state index contributed by atoms with van der Waals surface area (Å²) < 4.78 is 18.1. The number of amides is 1. The second-order valence-corrected chi connectivity index (χ2v) is 5.09. The summed E-state index contributed by atoms with van der Waals surface area (Å²) in [6.45, 7) is 4.42. The van der Waals surface area contributed by atoms with Gasteiger partial charge in [-0.25, -0.2) is 9.18 Å². The molecular weight excluding hydrogens is 247 g/mol. The Labute approximate surface area is 112 Å². The topological polar surface area (TPSA) is 62.1 Å². The fourth-order valence-electron chi connectivity index (χ4n) is 1.49. The third-order valence-electron chi connectivity index (χ3n) is 2.26. The number of nitriles is 1. The average Bonchev–Trinajstić information content (AvgIpc) is 2.34. The largest absolute Gasteiger partial charge is 0.444 e. The van der Waals surface area contributed by atoms with E-state index in [-0.39, 0.29) is 0 Å². The van der Waals surface area contributed by atoms with Crippen LogP contribution in [0.1, 0.15) is 37.9 Å². The molecule has 0 spiro atoms. The summed E-state index contributed by atoms with van der Waals surface area (Å²) in [6, 6.07) is 7.62. The Morgan fingerprint density at radius 2 is 2.21 bits per heavy atom. The maximum absolute atomic E-state index is 13.0. The summed E-state index contributed by atoms with van der Waals surface area (Å²) >= 11 is 0. The van der Waals surface area contributed by atoms with E-state index in [4.69, 9.17) is 10.00 Å². The molecule has 0 saturated heterocycles. The third kappa shape index (κ3) is 4.96. The number of benzene rings is 1. The third-order valence-corrected chi connectivity index (χ3v) is 2.26. The quantitative estimate of drug-likeness (QED) is 0.912. The molecular formula is C14H17FN2O2. The maximum Gasteiger partial charge on any atom is 0.408 e. The van der Waals surface area contributed by atoms with Crippen LogP contribution in [0.25, 0.3) is 0 Å². The van der Waals surface area contributed by atoms with Crippen LogP contribution in [0, 0.1) is 11.3 Å². The Kier molecular flexibility index (Phi) is 4.87. The van der Waals surface area contributed by atoms with Crippen LogP contribution in [0.4, 0.5) is 9.18 Å². The van der Waals surface area contributed by atoms with Gasteiger partial charge in [-0.2, -0.15) is 5.26 Å². The van der Waals surface area contributed by atoms with Gasteiger partial charge < -0.3 is 10.1 Å². The fraction of sp³-hybridized carbons (Fsp3) is 0.429. The number of carbonyl (C=O) groups is 1. The summed E-state index contributed by atoms with van der Waals surface area (Å²) in [7, 11) is 0. The highest BCUT2D eigenvalue weighted by molar-refractivity contribution is 5.68. The smallest absolute Gasteiger partial charge is 0.408 e. The van der Waals surface area contributed by atoms with Crippen LogP contribution < -0.4 is 5.32 Å². The Hall–Kier alpha value is -2.09. The average molecular weight is 264 g/mol. The van der Waals surface area contributed by atoms with Crippen molar-refractivity contribution in [2.45, 2.75) is 32.4 Å². The van der Waals surface area contributed by atoms with Crippen molar-refractivity contribution in [2.24, 2.45) is 0 Å². The number of alkyl carbamates (subject to hydrolysis) is 1. The van der Waals surface area contributed by atoms with Gasteiger partial charge in [0.1, 0.15) is 12.3 Å². The number of hydrogen-bond acceptors (Lipinski definition) is 3. The van der Waals surface area contributed by atoms with Crippen LogP contribution in [0.15, 0.2) is 24.3 Å². The van der Waals surface area contributed by atoms with Gasteiger partial charge in [-0.1, -0.05) is 12.1 Å². The molecule has 1 aromatic rings. The van der Waals surface area contributed by atoms with Crippen molar-refractivity contribution in [3.8, 4) is 6.07 Å². The molecule has 5 heteroatoms. The van der Waals surface area contributed by atoms with E-state index in [1.54, 1.807) is 45.0 Å². The highest BCUT2D eigenvalue weighted by atomic mass is 19.1. The normalized spacial score (nSPS) is 12.4. The molecule has 0 aliphatic carbocycles. The number of alkyl halides is 1. The van der Waals surface area contributed by atoms with E-state index in [1.807, 2.05) is 6.07 Å². The van der Waals surface area contributed by atoms with E-state index in [0.717, 1.165) is 0 Å². The highest BCUT2D eigenvalue weighted by Gasteiger charge is 2.20. The SMILES string of the molecule is CC(C)(C)OC(=O)NC(CF)c1cccc(C#N)c1. The zero-order valence-electron chi connectivity index (χ0n) is 11.2. The van der Waals surface area contributed by atoms with E-state index in [9.17, 15) is 9.18 Å². The molecule has 1 rings (SSSR count). The number of ether oxygens (including phenoxy) is 1. The number of halogens is 1. The first-order valence-electron chi connectivity index (χ1n) is 5.91. The molecule has 0 heterocycles. The number of rotatable bonds is 3. The Morgan fingerprint density at radius 3 is 2.74 bits per heavy atom. The highest BCUT2D eigenvalue weighted by Crippen LogP contribution is 2.16. The van der Waals surface area contributed by atoms with Crippen LogP contribution in [0.3, 0.4) is 0 Å². The first-order chi connectivity index (χ1) is 8.85. The monoisotopic (exact) mass is 264 g/mol. The van der Waals surface area contributed by atoms with Crippen molar-refractivity contribution in [1.82, 2.24) is 5.32 Å². The Bertz CT molecular complexity index is 489. The Balaban J connectivity index is 2.78. The molecule has 1 atom stereocenters. The number of hydrogen-bond donors (Lipinski definition) is 1. The van der Waals surface area contributed by atoms with Gasteiger partial charge in [0.25, 0.3) is 0 Å². The van der Waals surface area contributed by atoms with Crippen LogP contribution in [-0.4, -0.2) is 18.4 Å². The molecule has 1 unspecified atom stereocenters. The minimum absolute atomic E-state index is 0.418. The van der Waals surface area contributed by atoms with Gasteiger partial charge in [0.2, 0.25) is 0 Å². The maximum atomic E-state index is 13.0. The van der Waals surface area contributed by atoms with Crippen molar-refractivity contribution in [2.75, 3.05) is 6.67 Å². The van der Waals surface area contributed by atoms with Gasteiger partial charge in [0.05, 0.1) is 17.7 Å². The van der Waals surface area contributed by atoms with Gasteiger partial charge >= 0.3 is 6.09 Å². The molecule has 0 saturated carbocycles. The predicted molar refractivity (Wildman–Crippen MR) is 69.2 cm³/mol. The second-order valence-electron chi connectivity index (χ2n) is 5.09.